The molecule has 3 N–H and O–H groups in total. The van der Waals surface area contributed by atoms with Gasteiger partial charge < -0.3 is 0 Å². The molecular weight excluding hydrogens is 248 g/mol. The molecule has 0 spiro atoms. The third-order valence-corrected chi connectivity index (χ3v) is 4.68. The summed E-state index contributed by atoms with van der Waals surface area (Å²) < 4.78 is 0.249. The largest absolute Gasteiger partial charge is 0.271 e. The van der Waals surface area contributed by atoms with E-state index in [4.69, 9.17) is 17.4 Å². The molecule has 0 radical (unpaired) electrons. The number of thioether (sulfide) groups is 1. The predicted molar refractivity (Wildman–Crippen MR) is 71.6 cm³/mol. The lowest BCUT2D eigenvalue weighted by Gasteiger charge is -2.22. The molecule has 1 unspecified atom stereocenters. The second-order valence-electron chi connectivity index (χ2n) is 4.28. The van der Waals surface area contributed by atoms with E-state index in [0.717, 1.165) is 15.7 Å². The Morgan fingerprint density at radius 1 is 1.60 bits per heavy atom. The van der Waals surface area contributed by atoms with Crippen molar-refractivity contribution in [3.8, 4) is 0 Å². The van der Waals surface area contributed by atoms with E-state index in [1.165, 1.54) is 0 Å². The van der Waals surface area contributed by atoms with E-state index in [0.29, 0.717) is 0 Å². The number of hydrazine groups is 1. The highest BCUT2D eigenvalue weighted by Crippen LogP contribution is 2.33. The SMILES string of the molecule is CC(C)(C)SCC(NN)c1sccc1Cl. The molecule has 2 nitrogen and oxygen atoms in total. The molecule has 1 aromatic heterocycles. The van der Waals surface area contributed by atoms with Gasteiger partial charge in [-0.25, -0.2) is 0 Å². The van der Waals surface area contributed by atoms with Gasteiger partial charge in [-0.2, -0.15) is 11.8 Å². The van der Waals surface area contributed by atoms with E-state index in [-0.39, 0.29) is 10.8 Å². The summed E-state index contributed by atoms with van der Waals surface area (Å²) in [5, 5.41) is 2.79. The van der Waals surface area contributed by atoms with Gasteiger partial charge in [0.1, 0.15) is 0 Å². The van der Waals surface area contributed by atoms with Crippen LogP contribution >= 0.6 is 34.7 Å². The van der Waals surface area contributed by atoms with Crippen LogP contribution in [-0.2, 0) is 0 Å². The smallest absolute Gasteiger partial charge is 0.0658 e. The molecule has 1 heterocycles. The molecule has 86 valence electrons. The molecule has 0 saturated heterocycles. The zero-order chi connectivity index (χ0) is 11.5. The van der Waals surface area contributed by atoms with Crippen LogP contribution < -0.4 is 11.3 Å². The Morgan fingerprint density at radius 3 is 2.67 bits per heavy atom. The Hall–Kier alpha value is 0.260. The third kappa shape index (κ3) is 4.33. The number of rotatable bonds is 4. The van der Waals surface area contributed by atoms with Crippen molar-refractivity contribution < 1.29 is 0 Å². The first-order valence-electron chi connectivity index (χ1n) is 4.77. The monoisotopic (exact) mass is 264 g/mol. The Balaban J connectivity index is 2.61. The van der Waals surface area contributed by atoms with E-state index in [1.54, 1.807) is 11.3 Å². The van der Waals surface area contributed by atoms with Gasteiger partial charge in [-0.3, -0.25) is 11.3 Å². The van der Waals surface area contributed by atoms with E-state index in [2.05, 4.69) is 26.2 Å². The fourth-order valence-corrected chi connectivity index (χ4v) is 3.37. The van der Waals surface area contributed by atoms with Gasteiger partial charge in [-0.05, 0) is 11.4 Å². The summed E-state index contributed by atoms with van der Waals surface area (Å²) in [5.41, 5.74) is 2.82. The van der Waals surface area contributed by atoms with Crippen LogP contribution in [0.2, 0.25) is 5.02 Å². The van der Waals surface area contributed by atoms with E-state index in [1.807, 2.05) is 23.2 Å². The van der Waals surface area contributed by atoms with Crippen molar-refractivity contribution in [3.63, 3.8) is 0 Å². The van der Waals surface area contributed by atoms with Crippen LogP contribution in [0, 0.1) is 0 Å². The zero-order valence-electron chi connectivity index (χ0n) is 9.21. The van der Waals surface area contributed by atoms with Crippen molar-refractivity contribution in [3.05, 3.63) is 21.3 Å². The highest BCUT2D eigenvalue weighted by atomic mass is 35.5. The van der Waals surface area contributed by atoms with Crippen LogP contribution in [0.4, 0.5) is 0 Å². The number of hydrogen-bond donors (Lipinski definition) is 2. The average molecular weight is 265 g/mol. The maximum atomic E-state index is 6.07. The van der Waals surface area contributed by atoms with Crippen LogP contribution in [0.25, 0.3) is 0 Å². The standard InChI is InChI=1S/C10H17ClN2S2/c1-10(2,3)15-6-8(13-12)9-7(11)4-5-14-9/h4-5,8,13H,6,12H2,1-3H3. The summed E-state index contributed by atoms with van der Waals surface area (Å²) in [6, 6.07) is 2.05. The number of nitrogens with one attached hydrogen (secondary N) is 1. The summed E-state index contributed by atoms with van der Waals surface area (Å²) in [4.78, 5) is 1.12. The first kappa shape index (κ1) is 13.3. The van der Waals surface area contributed by atoms with Crippen molar-refractivity contribution in [2.24, 2.45) is 5.84 Å². The molecule has 0 saturated carbocycles. The minimum Gasteiger partial charge on any atom is -0.271 e. The van der Waals surface area contributed by atoms with Gasteiger partial charge >= 0.3 is 0 Å². The van der Waals surface area contributed by atoms with Crippen LogP contribution in [0.5, 0.6) is 0 Å². The summed E-state index contributed by atoms with van der Waals surface area (Å²) in [6.45, 7) is 6.59. The summed E-state index contributed by atoms with van der Waals surface area (Å²) >= 11 is 9.59. The minimum absolute atomic E-state index is 0.140. The Morgan fingerprint density at radius 2 is 2.27 bits per heavy atom. The fraction of sp³-hybridized carbons (Fsp3) is 0.600. The molecule has 15 heavy (non-hydrogen) atoms. The Labute approximate surface area is 105 Å². The van der Waals surface area contributed by atoms with Crippen LogP contribution in [-0.4, -0.2) is 10.5 Å². The summed E-state index contributed by atoms with van der Waals surface area (Å²) in [7, 11) is 0. The van der Waals surface area contributed by atoms with E-state index >= 15 is 0 Å². The Kier molecular flexibility index (Phi) is 4.93. The molecule has 5 heteroatoms. The predicted octanol–water partition coefficient (Wildman–Crippen LogP) is 3.44. The molecule has 0 fully saturated rings. The van der Waals surface area contributed by atoms with Gasteiger partial charge in [0.2, 0.25) is 0 Å². The molecule has 1 atom stereocenters. The van der Waals surface area contributed by atoms with Crippen molar-refractivity contribution in [1.29, 1.82) is 0 Å². The quantitative estimate of drug-likeness (QED) is 0.646. The van der Waals surface area contributed by atoms with Crippen LogP contribution in [0.15, 0.2) is 11.4 Å². The van der Waals surface area contributed by atoms with Crippen molar-refractivity contribution in [2.45, 2.75) is 31.6 Å². The van der Waals surface area contributed by atoms with E-state index in [9.17, 15) is 0 Å². The van der Waals surface area contributed by atoms with Gasteiger partial charge in [-0.1, -0.05) is 32.4 Å². The van der Waals surface area contributed by atoms with Gasteiger partial charge in [-0.15, -0.1) is 11.3 Å². The summed E-state index contributed by atoms with van der Waals surface area (Å²) in [6.07, 6.45) is 0. The zero-order valence-corrected chi connectivity index (χ0v) is 11.6. The topological polar surface area (TPSA) is 38.0 Å². The maximum Gasteiger partial charge on any atom is 0.0658 e. The minimum atomic E-state index is 0.140. The number of hydrogen-bond acceptors (Lipinski definition) is 4. The third-order valence-electron chi connectivity index (χ3n) is 1.85. The highest BCUT2D eigenvalue weighted by molar-refractivity contribution is 8.00. The molecule has 1 aromatic rings. The van der Waals surface area contributed by atoms with Gasteiger partial charge in [0.25, 0.3) is 0 Å². The Bertz CT molecular complexity index is 307. The highest BCUT2D eigenvalue weighted by Gasteiger charge is 2.18. The lowest BCUT2D eigenvalue weighted by molar-refractivity contribution is 0.617. The van der Waals surface area contributed by atoms with Crippen LogP contribution in [0.1, 0.15) is 31.7 Å². The number of halogens is 1. The lowest BCUT2D eigenvalue weighted by Crippen LogP contribution is -2.30. The average Bonchev–Trinajstić information content (AvgIpc) is 2.52. The van der Waals surface area contributed by atoms with Gasteiger partial charge in [0.05, 0.1) is 11.1 Å². The summed E-state index contributed by atoms with van der Waals surface area (Å²) in [5.74, 6) is 6.48. The van der Waals surface area contributed by atoms with Crippen molar-refractivity contribution in [1.82, 2.24) is 5.43 Å². The molecular formula is C10H17ClN2S2. The van der Waals surface area contributed by atoms with Crippen molar-refractivity contribution in [2.75, 3.05) is 5.75 Å². The second-order valence-corrected chi connectivity index (χ2v) is 7.48. The molecule has 0 aliphatic rings. The van der Waals surface area contributed by atoms with Gasteiger partial charge in [0, 0.05) is 15.4 Å². The normalized spacial score (nSPS) is 14.2. The van der Waals surface area contributed by atoms with E-state index < -0.39 is 0 Å². The lowest BCUT2D eigenvalue weighted by atomic mass is 10.3. The maximum absolute atomic E-state index is 6.07. The molecule has 0 aromatic carbocycles. The van der Waals surface area contributed by atoms with Crippen molar-refractivity contribution >= 4 is 34.7 Å². The first-order valence-corrected chi connectivity index (χ1v) is 7.01. The molecule has 0 amide bonds. The molecule has 1 rings (SSSR count). The van der Waals surface area contributed by atoms with Crippen LogP contribution in [0.3, 0.4) is 0 Å². The molecule has 0 aliphatic heterocycles. The first-order chi connectivity index (χ1) is 6.94. The fourth-order valence-electron chi connectivity index (χ4n) is 1.09. The number of thiophene rings is 1. The van der Waals surface area contributed by atoms with Gasteiger partial charge in [0.15, 0.2) is 0 Å². The molecule has 0 aliphatic carbocycles. The molecule has 0 bridgehead atoms. The number of nitrogens with two attached hydrogens (primary N) is 1. The second kappa shape index (κ2) is 5.55.